The molecule has 0 radical (unpaired) electrons. The number of carbonyl (C=O) groups excluding carboxylic acids is 4. The van der Waals surface area contributed by atoms with Crippen molar-refractivity contribution in [3.63, 3.8) is 0 Å². The summed E-state index contributed by atoms with van der Waals surface area (Å²) in [7, 11) is 0. The van der Waals surface area contributed by atoms with Crippen molar-refractivity contribution in [2.45, 2.75) is 32.8 Å². The second-order valence-corrected chi connectivity index (χ2v) is 6.09. The summed E-state index contributed by atoms with van der Waals surface area (Å²) in [6.07, 6.45) is -0.0287. The molecule has 25 heavy (non-hydrogen) atoms. The third-order valence-corrected chi connectivity index (χ3v) is 3.83. The number of carbonyl (C=O) groups is 4. The number of rotatable bonds is 5. The molecule has 1 heterocycles. The molecule has 0 unspecified atom stereocenters. The van der Waals surface area contributed by atoms with Crippen LogP contribution in [0.25, 0.3) is 0 Å². The van der Waals surface area contributed by atoms with Gasteiger partial charge in [0.1, 0.15) is 0 Å². The number of para-hydroxylation sites is 1. The van der Waals surface area contributed by atoms with Gasteiger partial charge < -0.3 is 15.4 Å². The maximum Gasteiger partial charge on any atom is 0.341 e. The number of amides is 4. The summed E-state index contributed by atoms with van der Waals surface area (Å²) in [5, 5.41) is 1.92. The summed E-state index contributed by atoms with van der Waals surface area (Å²) < 4.78 is 5.30. The van der Waals surface area contributed by atoms with Crippen LogP contribution in [-0.4, -0.2) is 36.5 Å². The molecular weight excluding hydrogens is 326 g/mol. The molecule has 0 spiro atoms. The van der Waals surface area contributed by atoms with Gasteiger partial charge in [0.25, 0.3) is 5.91 Å². The fourth-order valence-electron chi connectivity index (χ4n) is 2.65. The summed E-state index contributed by atoms with van der Waals surface area (Å²) in [6, 6.07) is 5.54. The Morgan fingerprint density at radius 1 is 1.24 bits per heavy atom. The number of primary amides is 1. The van der Waals surface area contributed by atoms with E-state index in [0.29, 0.717) is 18.7 Å². The maximum absolute atomic E-state index is 12.6. The van der Waals surface area contributed by atoms with Gasteiger partial charge in [-0.3, -0.25) is 14.9 Å². The Hall–Kier alpha value is -2.90. The zero-order chi connectivity index (χ0) is 18.6. The van der Waals surface area contributed by atoms with Gasteiger partial charge in [0, 0.05) is 13.0 Å². The zero-order valence-electron chi connectivity index (χ0n) is 14.2. The van der Waals surface area contributed by atoms with E-state index in [9.17, 15) is 19.2 Å². The SMILES string of the molecule is CC(C)[C@@H](OC(=O)c1ccccc1N1CCCC1=O)C(=O)NC(N)=O. The number of esters is 1. The Morgan fingerprint density at radius 3 is 2.48 bits per heavy atom. The van der Waals surface area contributed by atoms with Crippen LogP contribution in [0.4, 0.5) is 10.5 Å². The second-order valence-electron chi connectivity index (χ2n) is 6.09. The molecule has 0 bridgehead atoms. The van der Waals surface area contributed by atoms with E-state index in [4.69, 9.17) is 10.5 Å². The van der Waals surface area contributed by atoms with Crippen molar-refractivity contribution in [1.82, 2.24) is 5.32 Å². The lowest BCUT2D eigenvalue weighted by molar-refractivity contribution is -0.131. The first-order valence-corrected chi connectivity index (χ1v) is 8.02. The highest BCUT2D eigenvalue weighted by atomic mass is 16.5. The van der Waals surface area contributed by atoms with Crippen LogP contribution in [-0.2, 0) is 14.3 Å². The van der Waals surface area contributed by atoms with Gasteiger partial charge in [-0.2, -0.15) is 0 Å². The molecule has 0 aromatic heterocycles. The van der Waals surface area contributed by atoms with Gasteiger partial charge >= 0.3 is 12.0 Å². The molecule has 1 atom stereocenters. The molecule has 1 fully saturated rings. The molecule has 1 aromatic rings. The standard InChI is InChI=1S/C17H21N3O5/c1-10(2)14(15(22)19-17(18)24)25-16(23)11-6-3-4-7-12(11)20-9-5-8-13(20)21/h3-4,6-7,10,14H,5,8-9H2,1-2H3,(H3,18,19,22,24)/t14-/m1/s1. The van der Waals surface area contributed by atoms with Crippen LogP contribution in [0.3, 0.4) is 0 Å². The number of anilines is 1. The predicted molar refractivity (Wildman–Crippen MR) is 89.8 cm³/mol. The second kappa shape index (κ2) is 7.78. The Balaban J connectivity index is 2.23. The number of hydrogen-bond acceptors (Lipinski definition) is 5. The molecule has 8 heteroatoms. The van der Waals surface area contributed by atoms with Gasteiger partial charge in [-0.15, -0.1) is 0 Å². The molecule has 1 aliphatic heterocycles. The van der Waals surface area contributed by atoms with Crippen LogP contribution in [0.15, 0.2) is 24.3 Å². The molecule has 3 N–H and O–H groups in total. The zero-order valence-corrected chi connectivity index (χ0v) is 14.2. The van der Waals surface area contributed by atoms with E-state index in [0.717, 1.165) is 6.42 Å². The Morgan fingerprint density at radius 2 is 1.92 bits per heavy atom. The molecule has 1 aliphatic rings. The molecule has 134 valence electrons. The van der Waals surface area contributed by atoms with E-state index in [1.807, 2.05) is 5.32 Å². The van der Waals surface area contributed by atoms with E-state index < -0.39 is 24.0 Å². The number of benzene rings is 1. The molecule has 0 saturated carbocycles. The minimum atomic E-state index is -1.18. The van der Waals surface area contributed by atoms with Crippen LogP contribution in [0.2, 0.25) is 0 Å². The Labute approximate surface area is 145 Å². The van der Waals surface area contributed by atoms with Gasteiger partial charge in [0.15, 0.2) is 6.10 Å². The summed E-state index contributed by atoms with van der Waals surface area (Å²) in [5.41, 5.74) is 5.58. The summed E-state index contributed by atoms with van der Waals surface area (Å²) in [5.74, 6) is -1.96. The molecule has 1 saturated heterocycles. The highest BCUT2D eigenvalue weighted by Gasteiger charge is 2.31. The quantitative estimate of drug-likeness (QED) is 0.776. The largest absolute Gasteiger partial charge is 0.448 e. The van der Waals surface area contributed by atoms with Crippen molar-refractivity contribution < 1.29 is 23.9 Å². The van der Waals surface area contributed by atoms with Crippen LogP contribution in [0, 0.1) is 5.92 Å². The Kier molecular flexibility index (Phi) is 5.74. The highest BCUT2D eigenvalue weighted by molar-refractivity contribution is 6.04. The van der Waals surface area contributed by atoms with Crippen molar-refractivity contribution in [3.05, 3.63) is 29.8 Å². The van der Waals surface area contributed by atoms with Crippen molar-refractivity contribution in [1.29, 1.82) is 0 Å². The van der Waals surface area contributed by atoms with E-state index >= 15 is 0 Å². The highest BCUT2D eigenvalue weighted by Crippen LogP contribution is 2.26. The third-order valence-electron chi connectivity index (χ3n) is 3.83. The molecule has 8 nitrogen and oxygen atoms in total. The lowest BCUT2D eigenvalue weighted by atomic mass is 10.1. The topological polar surface area (TPSA) is 119 Å². The summed E-state index contributed by atoms with van der Waals surface area (Å²) in [4.78, 5) is 48.9. The number of hydrogen-bond donors (Lipinski definition) is 2. The van der Waals surface area contributed by atoms with E-state index in [2.05, 4.69) is 0 Å². The number of nitrogens with one attached hydrogen (secondary N) is 1. The molecule has 1 aromatic carbocycles. The van der Waals surface area contributed by atoms with Crippen molar-refractivity contribution in [2.24, 2.45) is 11.7 Å². The summed E-state index contributed by atoms with van der Waals surface area (Å²) >= 11 is 0. The normalized spacial score (nSPS) is 15.2. The lowest BCUT2D eigenvalue weighted by Gasteiger charge is -2.22. The van der Waals surface area contributed by atoms with Crippen LogP contribution in [0.5, 0.6) is 0 Å². The average molecular weight is 347 g/mol. The number of urea groups is 1. The monoisotopic (exact) mass is 347 g/mol. The van der Waals surface area contributed by atoms with Crippen LogP contribution >= 0.6 is 0 Å². The van der Waals surface area contributed by atoms with E-state index in [-0.39, 0.29) is 17.4 Å². The van der Waals surface area contributed by atoms with Crippen molar-refractivity contribution >= 4 is 29.5 Å². The fourth-order valence-corrected chi connectivity index (χ4v) is 2.65. The minimum Gasteiger partial charge on any atom is -0.448 e. The molecule has 4 amide bonds. The number of nitrogens with two attached hydrogens (primary N) is 1. The molecule has 2 rings (SSSR count). The maximum atomic E-state index is 12.6. The minimum absolute atomic E-state index is 0.0628. The van der Waals surface area contributed by atoms with Gasteiger partial charge in [-0.1, -0.05) is 26.0 Å². The smallest absolute Gasteiger partial charge is 0.341 e. The molecule has 0 aliphatic carbocycles. The van der Waals surface area contributed by atoms with E-state index in [1.54, 1.807) is 32.0 Å². The van der Waals surface area contributed by atoms with Crippen molar-refractivity contribution in [3.8, 4) is 0 Å². The average Bonchev–Trinajstić information content (AvgIpc) is 2.97. The van der Waals surface area contributed by atoms with Gasteiger partial charge in [0.05, 0.1) is 11.3 Å². The Bertz CT molecular complexity index is 701. The number of nitrogens with zero attached hydrogens (tertiary/aromatic N) is 1. The summed E-state index contributed by atoms with van der Waals surface area (Å²) in [6.45, 7) is 3.88. The van der Waals surface area contributed by atoms with Gasteiger partial charge in [-0.05, 0) is 24.5 Å². The third kappa shape index (κ3) is 4.34. The number of imide groups is 1. The fraction of sp³-hybridized carbons (Fsp3) is 0.412. The molecular formula is C17H21N3O5. The van der Waals surface area contributed by atoms with E-state index in [1.165, 1.54) is 11.0 Å². The first-order chi connectivity index (χ1) is 11.8. The van der Waals surface area contributed by atoms with Gasteiger partial charge in [-0.25, -0.2) is 9.59 Å². The first kappa shape index (κ1) is 18.4. The number of ether oxygens (including phenoxy) is 1. The van der Waals surface area contributed by atoms with Crippen LogP contribution < -0.4 is 16.0 Å². The van der Waals surface area contributed by atoms with Gasteiger partial charge in [0.2, 0.25) is 5.91 Å². The van der Waals surface area contributed by atoms with Crippen molar-refractivity contribution in [2.75, 3.05) is 11.4 Å². The predicted octanol–water partition coefficient (Wildman–Crippen LogP) is 1.19. The first-order valence-electron chi connectivity index (χ1n) is 8.02. The van der Waals surface area contributed by atoms with Crippen LogP contribution in [0.1, 0.15) is 37.0 Å². The lowest BCUT2D eigenvalue weighted by Crippen LogP contribution is -2.45.